The van der Waals surface area contributed by atoms with Crippen molar-refractivity contribution in [2.24, 2.45) is 0 Å². The molecule has 1 N–H and O–H groups in total. The highest BCUT2D eigenvalue weighted by atomic mass is 32.2. The van der Waals surface area contributed by atoms with Gasteiger partial charge in [0.25, 0.3) is 0 Å². The van der Waals surface area contributed by atoms with E-state index >= 15 is 0 Å². The molecule has 2 aromatic rings. The van der Waals surface area contributed by atoms with E-state index in [1.807, 2.05) is 32.9 Å². The standard InChI is InChI=1S/C24H33N3O5S/c1-6-22(24(29)25-7-2)26(16-19-10-14-21(32-4)15-11-19)23(28)17-27(33(5,30)31)20-12-8-18(3)9-13-20/h8-15,22H,6-7,16-17H2,1-5H3,(H,25,29). The van der Waals surface area contributed by atoms with Gasteiger partial charge in [0.1, 0.15) is 18.3 Å². The van der Waals surface area contributed by atoms with Crippen molar-refractivity contribution >= 4 is 27.5 Å². The average molecular weight is 476 g/mol. The van der Waals surface area contributed by atoms with Crippen molar-refractivity contribution in [3.05, 3.63) is 59.7 Å². The summed E-state index contributed by atoms with van der Waals surface area (Å²) in [5.41, 5.74) is 2.17. The minimum atomic E-state index is -3.74. The van der Waals surface area contributed by atoms with Crippen LogP contribution in [0.1, 0.15) is 31.4 Å². The number of methoxy groups -OCH3 is 1. The van der Waals surface area contributed by atoms with Gasteiger partial charge in [-0.1, -0.05) is 36.8 Å². The van der Waals surface area contributed by atoms with Crippen LogP contribution in [0.5, 0.6) is 5.75 Å². The van der Waals surface area contributed by atoms with Crippen molar-refractivity contribution in [1.29, 1.82) is 0 Å². The van der Waals surface area contributed by atoms with E-state index in [4.69, 9.17) is 4.74 Å². The first-order valence-electron chi connectivity index (χ1n) is 10.8. The first-order valence-corrected chi connectivity index (χ1v) is 12.7. The molecular formula is C24H33N3O5S. The first kappa shape index (κ1) is 26.2. The molecule has 180 valence electrons. The Bertz CT molecular complexity index is 1040. The monoisotopic (exact) mass is 475 g/mol. The Balaban J connectivity index is 2.40. The van der Waals surface area contributed by atoms with Crippen LogP contribution in [-0.4, -0.2) is 57.6 Å². The fourth-order valence-corrected chi connectivity index (χ4v) is 4.31. The van der Waals surface area contributed by atoms with E-state index in [1.54, 1.807) is 43.5 Å². The summed E-state index contributed by atoms with van der Waals surface area (Å²) < 4.78 is 31.3. The van der Waals surface area contributed by atoms with Crippen LogP contribution in [0.15, 0.2) is 48.5 Å². The number of aryl methyl sites for hydroxylation is 1. The van der Waals surface area contributed by atoms with E-state index in [9.17, 15) is 18.0 Å². The molecule has 9 heteroatoms. The highest BCUT2D eigenvalue weighted by Crippen LogP contribution is 2.21. The maximum Gasteiger partial charge on any atom is 0.244 e. The molecule has 0 heterocycles. The van der Waals surface area contributed by atoms with Crippen molar-refractivity contribution in [1.82, 2.24) is 10.2 Å². The Kier molecular flexibility index (Phi) is 9.28. The number of nitrogens with zero attached hydrogens (tertiary/aromatic N) is 2. The number of sulfonamides is 1. The Morgan fingerprint density at radius 2 is 1.64 bits per heavy atom. The van der Waals surface area contributed by atoms with Gasteiger partial charge in [0.05, 0.1) is 19.1 Å². The van der Waals surface area contributed by atoms with E-state index in [2.05, 4.69) is 5.32 Å². The van der Waals surface area contributed by atoms with Crippen LogP contribution in [-0.2, 0) is 26.2 Å². The second-order valence-corrected chi connectivity index (χ2v) is 9.70. The highest BCUT2D eigenvalue weighted by molar-refractivity contribution is 7.92. The van der Waals surface area contributed by atoms with Gasteiger partial charge in [-0.25, -0.2) is 8.42 Å². The summed E-state index contributed by atoms with van der Waals surface area (Å²) in [6, 6.07) is 13.4. The van der Waals surface area contributed by atoms with E-state index < -0.39 is 28.5 Å². The molecule has 0 radical (unpaired) electrons. The predicted octanol–water partition coefficient (Wildman–Crippen LogP) is 2.71. The van der Waals surface area contributed by atoms with Crippen molar-refractivity contribution in [3.63, 3.8) is 0 Å². The lowest BCUT2D eigenvalue weighted by atomic mass is 10.1. The zero-order chi connectivity index (χ0) is 24.6. The molecule has 33 heavy (non-hydrogen) atoms. The molecule has 0 saturated carbocycles. The van der Waals surface area contributed by atoms with Gasteiger partial charge in [0, 0.05) is 13.1 Å². The molecule has 0 saturated heterocycles. The number of likely N-dealkylation sites (N-methyl/N-ethyl adjacent to an activating group) is 1. The van der Waals surface area contributed by atoms with Crippen LogP contribution >= 0.6 is 0 Å². The van der Waals surface area contributed by atoms with Gasteiger partial charge in [-0.05, 0) is 50.1 Å². The molecule has 0 aliphatic carbocycles. The number of nitrogens with one attached hydrogen (secondary N) is 1. The molecule has 8 nitrogen and oxygen atoms in total. The number of benzene rings is 2. The molecule has 0 aliphatic rings. The van der Waals surface area contributed by atoms with Gasteiger partial charge in [-0.15, -0.1) is 0 Å². The molecule has 1 unspecified atom stereocenters. The maximum atomic E-state index is 13.5. The third kappa shape index (κ3) is 7.21. The van der Waals surface area contributed by atoms with E-state index in [0.29, 0.717) is 24.4 Å². The highest BCUT2D eigenvalue weighted by Gasteiger charge is 2.31. The number of hydrogen-bond donors (Lipinski definition) is 1. The molecule has 2 aromatic carbocycles. The summed E-state index contributed by atoms with van der Waals surface area (Å²) >= 11 is 0. The Hall–Kier alpha value is -3.07. The lowest BCUT2D eigenvalue weighted by Crippen LogP contribution is -2.52. The third-order valence-electron chi connectivity index (χ3n) is 5.25. The molecule has 0 aliphatic heterocycles. The van der Waals surface area contributed by atoms with E-state index in [1.165, 1.54) is 4.90 Å². The number of carbonyl (C=O) groups excluding carboxylic acids is 2. The topological polar surface area (TPSA) is 96.0 Å². The van der Waals surface area contributed by atoms with Gasteiger partial charge < -0.3 is 15.0 Å². The van der Waals surface area contributed by atoms with Crippen LogP contribution in [0, 0.1) is 6.92 Å². The molecule has 0 aromatic heterocycles. The Morgan fingerprint density at radius 1 is 1.03 bits per heavy atom. The predicted molar refractivity (Wildman–Crippen MR) is 130 cm³/mol. The summed E-state index contributed by atoms with van der Waals surface area (Å²) in [4.78, 5) is 27.7. The molecule has 0 bridgehead atoms. The number of hydrogen-bond acceptors (Lipinski definition) is 5. The first-order chi connectivity index (χ1) is 15.6. The van der Waals surface area contributed by atoms with Gasteiger partial charge in [0.2, 0.25) is 21.8 Å². The van der Waals surface area contributed by atoms with Crippen LogP contribution < -0.4 is 14.4 Å². The summed E-state index contributed by atoms with van der Waals surface area (Å²) in [6.45, 7) is 5.71. The molecular weight excluding hydrogens is 442 g/mol. The molecule has 0 spiro atoms. The third-order valence-corrected chi connectivity index (χ3v) is 6.39. The fraction of sp³-hybridized carbons (Fsp3) is 0.417. The largest absolute Gasteiger partial charge is 0.497 e. The van der Waals surface area contributed by atoms with Crippen LogP contribution in [0.4, 0.5) is 5.69 Å². The summed E-state index contributed by atoms with van der Waals surface area (Å²) in [7, 11) is -2.17. The number of ether oxygens (including phenoxy) is 1. The van der Waals surface area contributed by atoms with Gasteiger partial charge in [-0.3, -0.25) is 13.9 Å². The van der Waals surface area contributed by atoms with E-state index in [0.717, 1.165) is 21.7 Å². The number of rotatable bonds is 11. The van der Waals surface area contributed by atoms with Gasteiger partial charge in [0.15, 0.2) is 0 Å². The van der Waals surface area contributed by atoms with Crippen molar-refractivity contribution in [3.8, 4) is 5.75 Å². The normalized spacial score (nSPS) is 12.0. The lowest BCUT2D eigenvalue weighted by molar-refractivity contribution is -0.140. The Morgan fingerprint density at radius 3 is 2.12 bits per heavy atom. The fourth-order valence-electron chi connectivity index (χ4n) is 3.46. The number of anilines is 1. The van der Waals surface area contributed by atoms with Gasteiger partial charge in [-0.2, -0.15) is 0 Å². The average Bonchev–Trinajstić information content (AvgIpc) is 2.77. The second kappa shape index (κ2) is 11.7. The van der Waals surface area contributed by atoms with Crippen LogP contribution in [0.2, 0.25) is 0 Å². The molecule has 2 amide bonds. The SMILES string of the molecule is CCNC(=O)C(CC)N(Cc1ccc(OC)cc1)C(=O)CN(c1ccc(C)cc1)S(C)(=O)=O. The zero-order valence-corrected chi connectivity index (χ0v) is 20.7. The van der Waals surface area contributed by atoms with Crippen LogP contribution in [0.25, 0.3) is 0 Å². The maximum absolute atomic E-state index is 13.5. The molecule has 0 fully saturated rings. The minimum Gasteiger partial charge on any atom is -0.497 e. The smallest absolute Gasteiger partial charge is 0.244 e. The summed E-state index contributed by atoms with van der Waals surface area (Å²) in [6.07, 6.45) is 1.45. The number of amides is 2. The second-order valence-electron chi connectivity index (χ2n) is 7.79. The van der Waals surface area contributed by atoms with Crippen molar-refractivity contribution < 1.29 is 22.7 Å². The zero-order valence-electron chi connectivity index (χ0n) is 19.9. The Labute approximate surface area is 196 Å². The van der Waals surface area contributed by atoms with Crippen molar-refractivity contribution in [2.45, 2.75) is 39.8 Å². The lowest BCUT2D eigenvalue weighted by Gasteiger charge is -2.32. The van der Waals surface area contributed by atoms with Crippen LogP contribution in [0.3, 0.4) is 0 Å². The molecule has 1 atom stereocenters. The van der Waals surface area contributed by atoms with Crippen molar-refractivity contribution in [2.75, 3.05) is 30.8 Å². The summed E-state index contributed by atoms with van der Waals surface area (Å²) in [5.74, 6) is -0.0620. The van der Waals surface area contributed by atoms with E-state index in [-0.39, 0.29) is 12.5 Å². The molecule has 2 rings (SSSR count). The van der Waals surface area contributed by atoms with Gasteiger partial charge >= 0.3 is 0 Å². The quantitative estimate of drug-likeness (QED) is 0.539. The minimum absolute atomic E-state index is 0.157. The summed E-state index contributed by atoms with van der Waals surface area (Å²) in [5, 5.41) is 2.77. The number of carbonyl (C=O) groups is 2.